The van der Waals surface area contributed by atoms with E-state index in [1.165, 1.54) is 10.7 Å². The number of hydrogen-bond acceptors (Lipinski definition) is 6. The Labute approximate surface area is 211 Å². The molecule has 0 aliphatic heterocycles. The van der Waals surface area contributed by atoms with E-state index in [1.54, 1.807) is 31.3 Å². The molecule has 2 heterocycles. The van der Waals surface area contributed by atoms with E-state index in [4.69, 9.17) is 4.42 Å². The van der Waals surface area contributed by atoms with Gasteiger partial charge >= 0.3 is 0 Å². The Morgan fingerprint density at radius 1 is 1.15 bits per heavy atom. The van der Waals surface area contributed by atoms with Crippen LogP contribution in [-0.4, -0.2) is 59.6 Å². The van der Waals surface area contributed by atoms with E-state index in [0.717, 1.165) is 13.0 Å². The molecule has 2 aromatic heterocycles. The smallest absolute Gasteiger partial charge is 0.292 e. The van der Waals surface area contributed by atoms with Crippen LogP contribution in [0.2, 0.25) is 0 Å². The van der Waals surface area contributed by atoms with E-state index in [-0.39, 0.29) is 40.3 Å². The first-order chi connectivity index (χ1) is 15.6. The largest absolute Gasteiger partial charge is 0.451 e. The average Bonchev–Trinajstić information content (AvgIpc) is 3.33. The number of fused-ring (bicyclic) bond motifs is 1. The first kappa shape index (κ1) is 27.1. The van der Waals surface area contributed by atoms with E-state index >= 15 is 0 Å². The zero-order valence-corrected chi connectivity index (χ0v) is 21.4. The van der Waals surface area contributed by atoms with Gasteiger partial charge in [-0.05, 0) is 67.3 Å². The normalized spacial score (nSPS) is 10.6. The van der Waals surface area contributed by atoms with Crippen LogP contribution in [0.1, 0.15) is 27.5 Å². The van der Waals surface area contributed by atoms with Crippen LogP contribution in [0.25, 0.3) is 11.0 Å². The average molecular weight is 554 g/mol. The minimum absolute atomic E-state index is 0. The molecule has 0 saturated carbocycles. The van der Waals surface area contributed by atoms with Crippen LogP contribution in [0, 0.1) is 0 Å². The second kappa shape index (κ2) is 11.8. The Morgan fingerprint density at radius 2 is 1.88 bits per heavy atom. The summed E-state index contributed by atoms with van der Waals surface area (Å²) < 4.78 is 7.22. The molecule has 0 atom stereocenters. The van der Waals surface area contributed by atoms with Crippen LogP contribution in [0.3, 0.4) is 0 Å². The highest BCUT2D eigenvalue weighted by molar-refractivity contribution is 9.12. The number of carbonyl (C=O) groups is 3. The van der Waals surface area contributed by atoms with Gasteiger partial charge in [0.15, 0.2) is 11.6 Å². The minimum atomic E-state index is -0.512. The predicted octanol–water partition coefficient (Wildman–Crippen LogP) is 3.37. The maximum absolute atomic E-state index is 12.7. The Morgan fingerprint density at radius 3 is 2.56 bits per heavy atom. The number of nitrogens with zero attached hydrogens (tertiary/aromatic N) is 3. The molecule has 0 radical (unpaired) electrons. The Hall–Kier alpha value is -3.15. The molecule has 0 spiro atoms. The first-order valence-electron chi connectivity index (χ1n) is 10.1. The maximum Gasteiger partial charge on any atom is 0.292 e. The molecule has 182 valence electrons. The summed E-state index contributed by atoms with van der Waals surface area (Å²) in [5.74, 6) is -0.859. The van der Waals surface area contributed by atoms with Crippen molar-refractivity contribution < 1.29 is 18.8 Å². The quantitative estimate of drug-likeness (QED) is 0.276. The highest BCUT2D eigenvalue weighted by Gasteiger charge is 2.18. The highest BCUT2D eigenvalue weighted by atomic mass is 79.9. The van der Waals surface area contributed by atoms with Crippen LogP contribution in [0.5, 0.6) is 0 Å². The van der Waals surface area contributed by atoms with Gasteiger partial charge in [0.05, 0.1) is 4.48 Å². The lowest BCUT2D eigenvalue weighted by Gasteiger charge is -2.09. The summed E-state index contributed by atoms with van der Waals surface area (Å²) in [6.45, 7) is 4.92. The van der Waals surface area contributed by atoms with Gasteiger partial charge in [-0.2, -0.15) is 5.10 Å². The second-order valence-corrected chi connectivity index (χ2v) is 8.58. The number of aromatic nitrogens is 2. The van der Waals surface area contributed by atoms with E-state index in [1.807, 2.05) is 19.0 Å². The zero-order chi connectivity index (χ0) is 24.1. The van der Waals surface area contributed by atoms with Crippen LogP contribution < -0.4 is 16.0 Å². The Balaban J connectivity index is 0.00000408. The standard InChI is InChI=1S/C22H25BrN6O4.ClH/c1-13(23)20(30)25-15-6-7-17-14(10-15)11-18(33-17)22(32)26-19-12-16(29(4)27-19)21(31)24-8-5-9-28(2)3;/h6-7,10-12H,1,5,8-9H2,2-4H3,(H,24,31)(H,25,30)(H,26,27,32);1H. The van der Waals surface area contributed by atoms with Crippen LogP contribution in [-0.2, 0) is 11.8 Å². The SMILES string of the molecule is C=C(Br)C(=O)Nc1ccc2oc(C(=O)Nc3cc(C(=O)NCCCN(C)C)n(C)n3)cc2c1.Cl. The summed E-state index contributed by atoms with van der Waals surface area (Å²) in [6.07, 6.45) is 0.822. The molecule has 3 rings (SSSR count). The third-order valence-corrected chi connectivity index (χ3v) is 5.03. The molecule has 12 heteroatoms. The van der Waals surface area contributed by atoms with Gasteiger partial charge in [-0.3, -0.25) is 19.1 Å². The van der Waals surface area contributed by atoms with Crippen molar-refractivity contribution in [3.8, 4) is 0 Å². The topological polar surface area (TPSA) is 121 Å². The molecule has 3 aromatic rings. The molecule has 3 amide bonds. The molecule has 0 aliphatic rings. The van der Waals surface area contributed by atoms with Crippen molar-refractivity contribution in [1.29, 1.82) is 0 Å². The lowest BCUT2D eigenvalue weighted by molar-refractivity contribution is -0.112. The van der Waals surface area contributed by atoms with Gasteiger partial charge in [0, 0.05) is 30.7 Å². The summed E-state index contributed by atoms with van der Waals surface area (Å²) in [5.41, 5.74) is 1.34. The van der Waals surface area contributed by atoms with E-state index in [9.17, 15) is 14.4 Å². The number of anilines is 2. The summed E-state index contributed by atoms with van der Waals surface area (Å²) in [5, 5.41) is 13.0. The molecule has 0 saturated heterocycles. The number of nitrogens with one attached hydrogen (secondary N) is 3. The number of furan rings is 1. The molecule has 1 aromatic carbocycles. The van der Waals surface area contributed by atoms with Gasteiger partial charge in [-0.25, -0.2) is 0 Å². The van der Waals surface area contributed by atoms with Crippen molar-refractivity contribution in [2.24, 2.45) is 7.05 Å². The van der Waals surface area contributed by atoms with Crippen molar-refractivity contribution >= 4 is 68.5 Å². The van der Waals surface area contributed by atoms with Crippen LogP contribution in [0.4, 0.5) is 11.5 Å². The van der Waals surface area contributed by atoms with E-state index < -0.39 is 5.91 Å². The minimum Gasteiger partial charge on any atom is -0.451 e. The lowest BCUT2D eigenvalue weighted by atomic mass is 10.2. The zero-order valence-electron chi connectivity index (χ0n) is 19.0. The van der Waals surface area contributed by atoms with Gasteiger partial charge in [-0.15, -0.1) is 12.4 Å². The van der Waals surface area contributed by atoms with Gasteiger partial charge < -0.3 is 25.3 Å². The van der Waals surface area contributed by atoms with Crippen molar-refractivity contribution in [2.75, 3.05) is 37.8 Å². The summed E-state index contributed by atoms with van der Waals surface area (Å²) in [4.78, 5) is 38.8. The molecule has 0 fully saturated rings. The van der Waals surface area contributed by atoms with Crippen molar-refractivity contribution in [3.05, 3.63) is 52.8 Å². The Bertz CT molecular complexity index is 1220. The number of benzene rings is 1. The van der Waals surface area contributed by atoms with Crippen LogP contribution in [0.15, 0.2) is 45.8 Å². The van der Waals surface area contributed by atoms with Gasteiger partial charge in [0.1, 0.15) is 11.3 Å². The maximum atomic E-state index is 12.7. The molecular formula is C22H26BrClN6O4. The second-order valence-electron chi connectivity index (χ2n) is 7.63. The first-order valence-corrected chi connectivity index (χ1v) is 10.9. The van der Waals surface area contributed by atoms with Crippen molar-refractivity contribution in [3.63, 3.8) is 0 Å². The van der Waals surface area contributed by atoms with Gasteiger partial charge in [0.2, 0.25) is 0 Å². The summed E-state index contributed by atoms with van der Waals surface area (Å²) >= 11 is 3.03. The van der Waals surface area contributed by atoms with Crippen LogP contribution >= 0.6 is 28.3 Å². The number of rotatable bonds is 9. The van der Waals surface area contributed by atoms with Gasteiger partial charge in [0.25, 0.3) is 17.7 Å². The number of carbonyl (C=O) groups excluding carboxylic acids is 3. The Kier molecular flexibility index (Phi) is 9.42. The third kappa shape index (κ3) is 6.92. The predicted molar refractivity (Wildman–Crippen MR) is 137 cm³/mol. The molecular weight excluding hydrogens is 528 g/mol. The molecule has 34 heavy (non-hydrogen) atoms. The van der Waals surface area contributed by atoms with Crippen molar-refractivity contribution in [1.82, 2.24) is 20.0 Å². The molecule has 3 N–H and O–H groups in total. The van der Waals surface area contributed by atoms with E-state index in [2.05, 4.69) is 43.6 Å². The lowest BCUT2D eigenvalue weighted by Crippen LogP contribution is -2.28. The highest BCUT2D eigenvalue weighted by Crippen LogP contribution is 2.24. The van der Waals surface area contributed by atoms with Gasteiger partial charge in [-0.1, -0.05) is 6.58 Å². The summed E-state index contributed by atoms with van der Waals surface area (Å²) in [6, 6.07) is 8.05. The number of aryl methyl sites for hydroxylation is 1. The van der Waals surface area contributed by atoms with E-state index in [0.29, 0.717) is 28.9 Å². The number of amides is 3. The number of hydrogen-bond donors (Lipinski definition) is 3. The number of halogens is 2. The molecule has 10 nitrogen and oxygen atoms in total. The molecule has 0 unspecified atom stereocenters. The monoisotopic (exact) mass is 552 g/mol. The summed E-state index contributed by atoms with van der Waals surface area (Å²) in [7, 11) is 5.57. The fourth-order valence-electron chi connectivity index (χ4n) is 3.04. The molecule has 0 aliphatic carbocycles. The fourth-order valence-corrected chi connectivity index (χ4v) is 3.14. The fraction of sp³-hybridized carbons (Fsp3) is 0.273. The van der Waals surface area contributed by atoms with Crippen molar-refractivity contribution in [2.45, 2.75) is 6.42 Å². The molecule has 0 bridgehead atoms. The third-order valence-electron chi connectivity index (χ3n) is 4.67.